The lowest BCUT2D eigenvalue weighted by molar-refractivity contribution is 0.0917. The van der Waals surface area contributed by atoms with Crippen molar-refractivity contribution < 1.29 is 22.4 Å². The second-order valence-electron chi connectivity index (χ2n) is 8.15. The first-order valence-corrected chi connectivity index (χ1v) is 10.9. The van der Waals surface area contributed by atoms with Gasteiger partial charge in [-0.15, -0.1) is 0 Å². The molecule has 5 nitrogen and oxygen atoms in total. The van der Waals surface area contributed by atoms with Gasteiger partial charge in [0.05, 0.1) is 17.1 Å². The Morgan fingerprint density at radius 1 is 1.12 bits per heavy atom. The molecule has 4 rings (SSSR count). The summed E-state index contributed by atoms with van der Waals surface area (Å²) in [6, 6.07) is 7.41. The highest BCUT2D eigenvalue weighted by Gasteiger charge is 2.29. The van der Waals surface area contributed by atoms with Gasteiger partial charge in [0.25, 0.3) is 5.91 Å². The highest BCUT2D eigenvalue weighted by atomic mass is 35.5. The second-order valence-corrected chi connectivity index (χ2v) is 8.53. The molecule has 0 saturated heterocycles. The van der Waals surface area contributed by atoms with E-state index >= 15 is 0 Å². The molecule has 1 aliphatic rings. The number of nitrogens with zero attached hydrogens (tertiary/aromatic N) is 1. The zero-order valence-electron chi connectivity index (χ0n) is 17.5. The Balaban J connectivity index is 1.26. The summed E-state index contributed by atoms with van der Waals surface area (Å²) in [4.78, 5) is 16.9. The minimum Gasteiger partial charge on any atom is -0.439 e. The molecule has 0 bridgehead atoms. The molecule has 32 heavy (non-hydrogen) atoms. The molecule has 1 fully saturated rings. The number of fused-ring (bicyclic) bond motifs is 1. The number of nitrogens with one attached hydrogen (secondary N) is 2. The van der Waals surface area contributed by atoms with E-state index in [-0.39, 0.29) is 6.04 Å². The van der Waals surface area contributed by atoms with Gasteiger partial charge in [-0.25, -0.2) is 18.2 Å². The van der Waals surface area contributed by atoms with Crippen LogP contribution in [0.4, 0.5) is 13.2 Å². The molecule has 2 aromatic carbocycles. The summed E-state index contributed by atoms with van der Waals surface area (Å²) >= 11 is 5.71. The van der Waals surface area contributed by atoms with Gasteiger partial charge < -0.3 is 15.1 Å². The van der Waals surface area contributed by atoms with Crippen LogP contribution in [0.25, 0.3) is 11.1 Å². The number of halogens is 4. The van der Waals surface area contributed by atoms with Crippen LogP contribution < -0.4 is 10.6 Å². The minimum absolute atomic E-state index is 0.181. The maximum atomic E-state index is 14.3. The quantitative estimate of drug-likeness (QED) is 0.383. The van der Waals surface area contributed by atoms with Crippen LogP contribution in [0.15, 0.2) is 28.7 Å². The number of rotatable bonds is 6. The van der Waals surface area contributed by atoms with Gasteiger partial charge in [-0.05, 0) is 57.2 Å². The normalized spacial score (nSPS) is 18.8. The van der Waals surface area contributed by atoms with E-state index in [1.165, 1.54) is 0 Å². The smallest absolute Gasteiger partial charge is 0.256 e. The predicted molar refractivity (Wildman–Crippen MR) is 115 cm³/mol. The lowest BCUT2D eigenvalue weighted by Gasteiger charge is -2.29. The number of carbonyl (C=O) groups is 1. The Kier molecular flexibility index (Phi) is 6.71. The number of hydrogen-bond donors (Lipinski definition) is 2. The maximum absolute atomic E-state index is 14.3. The predicted octanol–water partition coefficient (Wildman–Crippen LogP) is 5.29. The largest absolute Gasteiger partial charge is 0.439 e. The van der Waals surface area contributed by atoms with Gasteiger partial charge in [0.15, 0.2) is 17.2 Å². The monoisotopic (exact) mass is 465 g/mol. The Bertz CT molecular complexity index is 1080. The van der Waals surface area contributed by atoms with E-state index in [1.54, 1.807) is 0 Å². The molecular formula is C23H23ClF3N3O2. The molecule has 0 aliphatic heterocycles. The summed E-state index contributed by atoms with van der Waals surface area (Å²) in [6.07, 6.45) is 3.11. The lowest BCUT2D eigenvalue weighted by Crippen LogP contribution is -2.39. The molecule has 1 amide bonds. The molecule has 0 spiro atoms. The molecule has 1 saturated carbocycles. The van der Waals surface area contributed by atoms with Gasteiger partial charge in [0.1, 0.15) is 11.3 Å². The maximum Gasteiger partial charge on any atom is 0.256 e. The number of hydrogen-bond acceptors (Lipinski definition) is 4. The van der Waals surface area contributed by atoms with Crippen LogP contribution in [0.2, 0.25) is 5.02 Å². The molecule has 0 unspecified atom stereocenters. The average molecular weight is 466 g/mol. The summed E-state index contributed by atoms with van der Waals surface area (Å²) in [5.74, 6) is -3.71. The van der Waals surface area contributed by atoms with E-state index in [4.69, 9.17) is 16.0 Å². The molecule has 170 valence electrons. The third kappa shape index (κ3) is 4.61. The van der Waals surface area contributed by atoms with Gasteiger partial charge >= 0.3 is 0 Å². The topological polar surface area (TPSA) is 67.2 Å². The SMILES string of the molecule is Cc1c(F)c(F)c(Cl)c(C(=O)NC2CCC(CNCc3nc4ccccc4o3)CC2)c1F. The minimum atomic E-state index is -1.41. The molecule has 1 heterocycles. The van der Waals surface area contributed by atoms with Crippen molar-refractivity contribution in [2.24, 2.45) is 5.92 Å². The van der Waals surface area contributed by atoms with Crippen LogP contribution in [0.3, 0.4) is 0 Å². The van der Waals surface area contributed by atoms with E-state index in [0.717, 1.165) is 37.4 Å². The number of aromatic nitrogens is 1. The van der Waals surface area contributed by atoms with Crippen LogP contribution in [0.1, 0.15) is 47.5 Å². The summed E-state index contributed by atoms with van der Waals surface area (Å²) in [6.45, 7) is 2.38. The van der Waals surface area contributed by atoms with E-state index in [2.05, 4.69) is 15.6 Å². The van der Waals surface area contributed by atoms with E-state index in [9.17, 15) is 18.0 Å². The molecular weight excluding hydrogens is 443 g/mol. The van der Waals surface area contributed by atoms with Crippen LogP contribution in [0.5, 0.6) is 0 Å². The zero-order valence-corrected chi connectivity index (χ0v) is 18.2. The first-order chi connectivity index (χ1) is 15.3. The Hall–Kier alpha value is -2.58. The number of amides is 1. The van der Waals surface area contributed by atoms with Gasteiger partial charge in [0, 0.05) is 11.6 Å². The average Bonchev–Trinajstić information content (AvgIpc) is 3.20. The third-order valence-electron chi connectivity index (χ3n) is 5.94. The van der Waals surface area contributed by atoms with Crippen LogP contribution in [0, 0.1) is 30.3 Å². The fourth-order valence-electron chi connectivity index (χ4n) is 4.10. The van der Waals surface area contributed by atoms with E-state index in [1.807, 2.05) is 24.3 Å². The molecule has 0 atom stereocenters. The van der Waals surface area contributed by atoms with Gasteiger partial charge in [-0.2, -0.15) is 0 Å². The molecule has 3 aromatic rings. The first kappa shape index (κ1) is 22.6. The summed E-state index contributed by atoms with van der Waals surface area (Å²) in [7, 11) is 0. The number of oxazole rings is 1. The fraction of sp³-hybridized carbons (Fsp3) is 0.391. The molecule has 0 radical (unpaired) electrons. The highest BCUT2D eigenvalue weighted by molar-refractivity contribution is 6.34. The van der Waals surface area contributed by atoms with Crippen molar-refractivity contribution in [3.8, 4) is 0 Å². The number of benzene rings is 2. The zero-order chi connectivity index (χ0) is 22.8. The second kappa shape index (κ2) is 9.50. The van der Waals surface area contributed by atoms with Crippen molar-refractivity contribution in [3.63, 3.8) is 0 Å². The van der Waals surface area contributed by atoms with Crippen molar-refractivity contribution in [1.82, 2.24) is 15.6 Å². The van der Waals surface area contributed by atoms with Crippen molar-refractivity contribution in [2.75, 3.05) is 6.54 Å². The van der Waals surface area contributed by atoms with Crippen molar-refractivity contribution in [2.45, 2.75) is 45.2 Å². The number of para-hydroxylation sites is 2. The summed E-state index contributed by atoms with van der Waals surface area (Å²) in [5, 5.41) is 5.24. The molecule has 2 N–H and O–H groups in total. The number of carbonyl (C=O) groups excluding carboxylic acids is 1. The van der Waals surface area contributed by atoms with Gasteiger partial charge in [-0.3, -0.25) is 4.79 Å². The highest BCUT2D eigenvalue weighted by Crippen LogP contribution is 2.30. The van der Waals surface area contributed by atoms with Crippen molar-refractivity contribution in [1.29, 1.82) is 0 Å². The van der Waals surface area contributed by atoms with Crippen LogP contribution in [-0.2, 0) is 6.54 Å². The van der Waals surface area contributed by atoms with Crippen molar-refractivity contribution >= 4 is 28.6 Å². The fourth-order valence-corrected chi connectivity index (χ4v) is 4.35. The summed E-state index contributed by atoms with van der Waals surface area (Å²) in [5.41, 5.74) is 0.373. The first-order valence-electron chi connectivity index (χ1n) is 10.5. The van der Waals surface area contributed by atoms with Crippen molar-refractivity contribution in [3.05, 3.63) is 63.8 Å². The van der Waals surface area contributed by atoms with Gasteiger partial charge in [-0.1, -0.05) is 23.7 Å². The van der Waals surface area contributed by atoms with E-state index in [0.29, 0.717) is 31.2 Å². The summed E-state index contributed by atoms with van der Waals surface area (Å²) < 4.78 is 47.5. The molecule has 1 aliphatic carbocycles. The lowest BCUT2D eigenvalue weighted by atomic mass is 9.86. The Labute approximate surface area is 188 Å². The Morgan fingerprint density at radius 2 is 1.84 bits per heavy atom. The van der Waals surface area contributed by atoms with Crippen LogP contribution in [-0.4, -0.2) is 23.5 Å². The van der Waals surface area contributed by atoms with Crippen LogP contribution >= 0.6 is 11.6 Å². The third-order valence-corrected chi connectivity index (χ3v) is 6.29. The standard InChI is InChI=1S/C23H23ClF3N3O2/c1-12-20(25)18(19(24)22(27)21(12)26)23(31)29-14-8-6-13(7-9-14)10-28-11-17-30-15-4-2-3-5-16(15)32-17/h2-5,13-14,28H,6-11H2,1H3,(H,29,31). The molecule has 1 aromatic heterocycles. The Morgan fingerprint density at radius 3 is 2.56 bits per heavy atom. The molecule has 9 heteroatoms. The van der Waals surface area contributed by atoms with E-state index < -0.39 is 39.5 Å². The van der Waals surface area contributed by atoms with Gasteiger partial charge in [0.2, 0.25) is 5.89 Å².